The van der Waals surface area contributed by atoms with Crippen molar-refractivity contribution in [1.82, 2.24) is 5.43 Å². The van der Waals surface area contributed by atoms with Crippen molar-refractivity contribution in [2.24, 2.45) is 5.10 Å². The predicted octanol–water partition coefficient (Wildman–Crippen LogP) is 4.62. The van der Waals surface area contributed by atoms with Crippen molar-refractivity contribution in [3.8, 4) is 11.5 Å². The van der Waals surface area contributed by atoms with Crippen LogP contribution in [0, 0.1) is 0 Å². The molecule has 0 aliphatic carbocycles. The number of carbonyl (C=O) groups excluding carboxylic acids is 1. The number of hydrogen-bond acceptors (Lipinski definition) is 5. The SMILES string of the molecule is CCSc1ccc(Cl)cc1CC(=O)N/N=C\c1ccc(OC)c(O)c1Br. The minimum Gasteiger partial charge on any atom is -0.503 e. The van der Waals surface area contributed by atoms with Gasteiger partial charge in [0.2, 0.25) is 5.91 Å². The number of rotatable bonds is 7. The van der Waals surface area contributed by atoms with Gasteiger partial charge in [-0.1, -0.05) is 18.5 Å². The first kappa shape index (κ1) is 20.6. The molecule has 0 unspecified atom stereocenters. The Bertz CT molecular complexity index is 830. The maximum atomic E-state index is 12.2. The zero-order valence-electron chi connectivity index (χ0n) is 14.3. The van der Waals surface area contributed by atoms with Gasteiger partial charge in [0.05, 0.1) is 24.2 Å². The number of amides is 1. The molecule has 0 spiro atoms. The predicted molar refractivity (Wildman–Crippen MR) is 110 cm³/mol. The summed E-state index contributed by atoms with van der Waals surface area (Å²) in [6, 6.07) is 8.85. The monoisotopic (exact) mass is 456 g/mol. The Labute approximate surface area is 169 Å². The fourth-order valence-electron chi connectivity index (χ4n) is 2.20. The van der Waals surface area contributed by atoms with Crippen molar-refractivity contribution < 1.29 is 14.6 Å². The molecule has 2 aromatic carbocycles. The van der Waals surface area contributed by atoms with Gasteiger partial charge in [-0.15, -0.1) is 11.8 Å². The van der Waals surface area contributed by atoms with E-state index >= 15 is 0 Å². The van der Waals surface area contributed by atoms with Crippen LogP contribution in [0.4, 0.5) is 0 Å². The van der Waals surface area contributed by atoms with Crippen molar-refractivity contribution in [1.29, 1.82) is 0 Å². The van der Waals surface area contributed by atoms with E-state index in [1.54, 1.807) is 30.0 Å². The van der Waals surface area contributed by atoms with Crippen LogP contribution in [-0.2, 0) is 11.2 Å². The summed E-state index contributed by atoms with van der Waals surface area (Å²) in [4.78, 5) is 13.2. The lowest BCUT2D eigenvalue weighted by Crippen LogP contribution is -2.20. The number of methoxy groups -OCH3 is 1. The van der Waals surface area contributed by atoms with Crippen molar-refractivity contribution in [2.45, 2.75) is 18.2 Å². The third-order valence-corrected chi connectivity index (χ3v) is 5.46. The van der Waals surface area contributed by atoms with Gasteiger partial charge in [0.1, 0.15) is 0 Å². The van der Waals surface area contributed by atoms with E-state index in [4.69, 9.17) is 16.3 Å². The van der Waals surface area contributed by atoms with Gasteiger partial charge in [-0.2, -0.15) is 5.10 Å². The van der Waals surface area contributed by atoms with Crippen LogP contribution in [0.2, 0.25) is 5.02 Å². The van der Waals surface area contributed by atoms with E-state index < -0.39 is 0 Å². The van der Waals surface area contributed by atoms with Gasteiger partial charge >= 0.3 is 0 Å². The summed E-state index contributed by atoms with van der Waals surface area (Å²) in [5.74, 6) is 0.974. The zero-order chi connectivity index (χ0) is 19.1. The number of hydrogen-bond donors (Lipinski definition) is 2. The lowest BCUT2D eigenvalue weighted by atomic mass is 10.1. The van der Waals surface area contributed by atoms with Crippen molar-refractivity contribution in [2.75, 3.05) is 12.9 Å². The number of phenolic OH excluding ortho intramolecular Hbond substituents is 1. The Kier molecular flexibility index (Phi) is 7.81. The molecule has 0 heterocycles. The molecule has 0 saturated carbocycles. The van der Waals surface area contributed by atoms with Crippen molar-refractivity contribution >= 4 is 51.4 Å². The highest BCUT2D eigenvalue weighted by Crippen LogP contribution is 2.35. The molecule has 26 heavy (non-hydrogen) atoms. The molecule has 2 aromatic rings. The Morgan fingerprint density at radius 3 is 2.88 bits per heavy atom. The van der Waals surface area contributed by atoms with E-state index in [2.05, 4.69) is 33.4 Å². The average molecular weight is 458 g/mol. The van der Waals surface area contributed by atoms with E-state index in [9.17, 15) is 9.90 Å². The number of phenols is 1. The molecule has 5 nitrogen and oxygen atoms in total. The number of thioether (sulfide) groups is 1. The van der Waals surface area contributed by atoms with E-state index in [1.807, 2.05) is 12.1 Å². The lowest BCUT2D eigenvalue weighted by molar-refractivity contribution is -0.120. The number of halogens is 2. The Morgan fingerprint density at radius 2 is 2.19 bits per heavy atom. The molecule has 2 rings (SSSR count). The molecule has 0 fully saturated rings. The summed E-state index contributed by atoms with van der Waals surface area (Å²) < 4.78 is 5.46. The quantitative estimate of drug-likeness (QED) is 0.361. The summed E-state index contributed by atoms with van der Waals surface area (Å²) in [6.07, 6.45) is 1.62. The molecule has 8 heteroatoms. The standard InChI is InChI=1S/C18H18BrClN2O3S/c1-3-26-15-7-5-13(20)8-12(15)9-16(23)22-21-10-11-4-6-14(25-2)18(24)17(11)19/h4-8,10,24H,3,9H2,1-2H3,(H,22,23)/b21-10-. The molecule has 0 bridgehead atoms. The minimum absolute atomic E-state index is 0.0251. The van der Waals surface area contributed by atoms with Crippen LogP contribution in [0.1, 0.15) is 18.1 Å². The molecule has 2 N–H and O–H groups in total. The van der Waals surface area contributed by atoms with E-state index in [0.29, 0.717) is 20.8 Å². The second-order valence-corrected chi connectivity index (χ2v) is 7.71. The molecular weight excluding hydrogens is 440 g/mol. The van der Waals surface area contributed by atoms with E-state index in [1.165, 1.54) is 13.3 Å². The fraction of sp³-hybridized carbons (Fsp3) is 0.222. The molecule has 0 aliphatic rings. The maximum Gasteiger partial charge on any atom is 0.244 e. The first-order valence-electron chi connectivity index (χ1n) is 7.74. The van der Waals surface area contributed by atoms with Crippen LogP contribution in [0.5, 0.6) is 11.5 Å². The van der Waals surface area contributed by atoms with Crippen LogP contribution in [-0.4, -0.2) is 30.1 Å². The zero-order valence-corrected chi connectivity index (χ0v) is 17.4. The number of nitrogens with one attached hydrogen (secondary N) is 1. The summed E-state index contributed by atoms with van der Waals surface area (Å²) >= 11 is 11.0. The number of carbonyl (C=O) groups is 1. The fourth-order valence-corrected chi connectivity index (χ4v) is 3.61. The molecule has 1 amide bonds. The molecular formula is C18H18BrClN2O3S. The van der Waals surface area contributed by atoms with Crippen molar-refractivity contribution in [3.63, 3.8) is 0 Å². The Morgan fingerprint density at radius 1 is 1.42 bits per heavy atom. The second kappa shape index (κ2) is 9.85. The summed E-state index contributed by atoms with van der Waals surface area (Å²) in [5, 5.41) is 14.5. The van der Waals surface area contributed by atoms with Crippen LogP contribution < -0.4 is 10.2 Å². The normalized spacial score (nSPS) is 10.9. The van der Waals surface area contributed by atoms with Gasteiger partial charge < -0.3 is 9.84 Å². The molecule has 0 aliphatic heterocycles. The molecule has 0 saturated heterocycles. The molecule has 0 aromatic heterocycles. The van der Waals surface area contributed by atoms with Crippen LogP contribution >= 0.6 is 39.3 Å². The second-order valence-electron chi connectivity index (χ2n) is 5.17. The first-order valence-corrected chi connectivity index (χ1v) is 9.90. The molecule has 0 radical (unpaired) electrons. The third-order valence-electron chi connectivity index (χ3n) is 3.40. The van der Waals surface area contributed by atoms with Gasteiger partial charge in [0.15, 0.2) is 11.5 Å². The van der Waals surface area contributed by atoms with Gasteiger partial charge in [0, 0.05) is 15.5 Å². The maximum absolute atomic E-state index is 12.2. The number of hydrazone groups is 1. The van der Waals surface area contributed by atoms with E-state index in [-0.39, 0.29) is 18.1 Å². The Balaban J connectivity index is 2.04. The number of ether oxygens (including phenoxy) is 1. The van der Waals surface area contributed by atoms with Gasteiger partial charge in [-0.05, 0) is 57.6 Å². The highest BCUT2D eigenvalue weighted by molar-refractivity contribution is 9.10. The minimum atomic E-state index is -0.254. The topological polar surface area (TPSA) is 70.9 Å². The van der Waals surface area contributed by atoms with Gasteiger partial charge in [-0.3, -0.25) is 4.79 Å². The number of benzene rings is 2. The Hall–Kier alpha value is -1.70. The molecule has 138 valence electrons. The van der Waals surface area contributed by atoms with Gasteiger partial charge in [-0.25, -0.2) is 5.43 Å². The van der Waals surface area contributed by atoms with Crippen LogP contribution in [0.3, 0.4) is 0 Å². The van der Waals surface area contributed by atoms with Crippen LogP contribution in [0.15, 0.2) is 44.8 Å². The van der Waals surface area contributed by atoms with E-state index in [0.717, 1.165) is 16.2 Å². The first-order chi connectivity index (χ1) is 12.5. The van der Waals surface area contributed by atoms with Crippen molar-refractivity contribution in [3.05, 3.63) is 51.0 Å². The summed E-state index contributed by atoms with van der Waals surface area (Å²) in [5.41, 5.74) is 3.95. The van der Waals surface area contributed by atoms with Gasteiger partial charge in [0.25, 0.3) is 0 Å². The number of nitrogens with zero attached hydrogens (tertiary/aromatic N) is 1. The summed E-state index contributed by atoms with van der Waals surface area (Å²) in [7, 11) is 1.47. The highest BCUT2D eigenvalue weighted by atomic mass is 79.9. The smallest absolute Gasteiger partial charge is 0.244 e. The van der Waals surface area contributed by atoms with Crippen LogP contribution in [0.25, 0.3) is 0 Å². The molecule has 0 atom stereocenters. The average Bonchev–Trinajstić information content (AvgIpc) is 2.61. The largest absolute Gasteiger partial charge is 0.503 e. The lowest BCUT2D eigenvalue weighted by Gasteiger charge is -2.08. The number of aromatic hydroxyl groups is 1. The highest BCUT2D eigenvalue weighted by Gasteiger charge is 2.11. The third kappa shape index (κ3) is 5.40. The summed E-state index contributed by atoms with van der Waals surface area (Å²) in [6.45, 7) is 2.05.